The number of nitrogens with one attached hydrogen (secondary N) is 3. The molecule has 0 saturated heterocycles. The van der Waals surface area contributed by atoms with Gasteiger partial charge in [0.05, 0.1) is 18.6 Å². The lowest BCUT2D eigenvalue weighted by molar-refractivity contribution is -0.113. The van der Waals surface area contributed by atoms with Gasteiger partial charge in [-0.15, -0.1) is 10.2 Å². The molecular formula is C17H15N5O4S. The smallest absolute Gasteiger partial charge is 0.325 e. The van der Waals surface area contributed by atoms with E-state index in [1.165, 1.54) is 11.8 Å². The Hall–Kier alpha value is -3.40. The first-order chi connectivity index (χ1) is 13.0. The fraction of sp³-hybridized carbons (Fsp3) is 0.118. The minimum absolute atomic E-state index is 0.0267. The summed E-state index contributed by atoms with van der Waals surface area (Å²) in [6.45, 7) is 0. The van der Waals surface area contributed by atoms with E-state index >= 15 is 0 Å². The third kappa shape index (κ3) is 4.82. The third-order valence-electron chi connectivity index (χ3n) is 3.47. The Morgan fingerprint density at radius 3 is 2.56 bits per heavy atom. The number of ether oxygens (including phenoxy) is 1. The third-order valence-corrected chi connectivity index (χ3v) is 4.39. The number of hydrogen-bond acceptors (Lipinski definition) is 7. The number of thioether (sulfide) groups is 1. The summed E-state index contributed by atoms with van der Waals surface area (Å²) < 4.78 is 5.12. The van der Waals surface area contributed by atoms with Gasteiger partial charge >= 0.3 is 5.69 Å². The molecule has 3 rings (SSSR count). The minimum atomic E-state index is -0.666. The van der Waals surface area contributed by atoms with Gasteiger partial charge in [0.1, 0.15) is 16.5 Å². The van der Waals surface area contributed by atoms with Crippen LogP contribution in [-0.2, 0) is 4.79 Å². The number of anilines is 1. The zero-order valence-corrected chi connectivity index (χ0v) is 15.0. The summed E-state index contributed by atoms with van der Waals surface area (Å²) in [5.41, 5.74) is 0.266. The maximum Gasteiger partial charge on any atom is 0.325 e. The summed E-state index contributed by atoms with van der Waals surface area (Å²) in [4.78, 5) is 38.7. The van der Waals surface area contributed by atoms with Crippen molar-refractivity contribution < 1.29 is 9.53 Å². The number of amides is 1. The van der Waals surface area contributed by atoms with Crippen LogP contribution < -0.4 is 21.3 Å². The maximum absolute atomic E-state index is 11.9. The quantitative estimate of drug-likeness (QED) is 0.545. The first-order valence-corrected chi connectivity index (χ1v) is 8.76. The Bertz CT molecular complexity index is 1040. The molecule has 0 bridgehead atoms. The Morgan fingerprint density at radius 1 is 1.15 bits per heavy atom. The van der Waals surface area contributed by atoms with Crippen molar-refractivity contribution in [1.29, 1.82) is 0 Å². The number of aromatic nitrogens is 4. The molecule has 0 fully saturated rings. The maximum atomic E-state index is 11.9. The molecule has 0 radical (unpaired) electrons. The number of nitrogens with zero attached hydrogens (tertiary/aromatic N) is 2. The predicted octanol–water partition coefficient (Wildman–Crippen LogP) is 1.26. The molecule has 2 heterocycles. The van der Waals surface area contributed by atoms with E-state index in [0.29, 0.717) is 10.7 Å². The molecule has 2 aromatic heterocycles. The van der Waals surface area contributed by atoms with Crippen LogP contribution in [-0.4, -0.2) is 38.9 Å². The second kappa shape index (κ2) is 8.32. The van der Waals surface area contributed by atoms with E-state index in [4.69, 9.17) is 4.74 Å². The molecule has 0 spiro atoms. The average molecular weight is 385 g/mol. The van der Waals surface area contributed by atoms with E-state index < -0.39 is 17.2 Å². The van der Waals surface area contributed by atoms with Crippen molar-refractivity contribution in [2.75, 3.05) is 18.2 Å². The SMILES string of the molecule is COc1ccc(-c2ccc(SCC(=O)Nc3c[nH]c(=O)[nH]c3=O)nn2)cc1. The molecule has 3 aromatic rings. The lowest BCUT2D eigenvalue weighted by Crippen LogP contribution is -2.27. The molecule has 9 nitrogen and oxygen atoms in total. The normalized spacial score (nSPS) is 10.4. The predicted molar refractivity (Wildman–Crippen MR) is 101 cm³/mol. The Balaban J connectivity index is 1.58. The van der Waals surface area contributed by atoms with Gasteiger partial charge in [0.25, 0.3) is 5.56 Å². The second-order valence-corrected chi connectivity index (χ2v) is 6.30. The van der Waals surface area contributed by atoms with Crippen LogP contribution in [0.25, 0.3) is 11.3 Å². The summed E-state index contributed by atoms with van der Waals surface area (Å²) >= 11 is 1.18. The summed E-state index contributed by atoms with van der Waals surface area (Å²) in [6.07, 6.45) is 1.15. The van der Waals surface area contributed by atoms with Crippen LogP contribution in [0.1, 0.15) is 0 Å². The molecule has 0 aliphatic carbocycles. The van der Waals surface area contributed by atoms with Crippen LogP contribution >= 0.6 is 11.8 Å². The monoisotopic (exact) mass is 385 g/mol. The van der Waals surface area contributed by atoms with Crippen molar-refractivity contribution >= 4 is 23.4 Å². The van der Waals surface area contributed by atoms with Gasteiger partial charge in [-0.1, -0.05) is 11.8 Å². The van der Waals surface area contributed by atoms with Crippen LogP contribution in [0, 0.1) is 0 Å². The Kier molecular flexibility index (Phi) is 5.67. The number of H-pyrrole nitrogens is 2. The molecule has 10 heteroatoms. The van der Waals surface area contributed by atoms with Crippen LogP contribution in [0.2, 0.25) is 0 Å². The first kappa shape index (κ1) is 18.4. The minimum Gasteiger partial charge on any atom is -0.497 e. The Morgan fingerprint density at radius 2 is 1.93 bits per heavy atom. The molecule has 138 valence electrons. The number of aromatic amines is 2. The van der Waals surface area contributed by atoms with Crippen molar-refractivity contribution in [1.82, 2.24) is 20.2 Å². The molecule has 3 N–H and O–H groups in total. The van der Waals surface area contributed by atoms with E-state index in [-0.39, 0.29) is 11.4 Å². The number of benzene rings is 1. The lowest BCUT2D eigenvalue weighted by Gasteiger charge is -2.05. The topological polar surface area (TPSA) is 130 Å². The van der Waals surface area contributed by atoms with Crippen LogP contribution in [0.3, 0.4) is 0 Å². The highest BCUT2D eigenvalue weighted by atomic mass is 32.2. The zero-order valence-electron chi connectivity index (χ0n) is 14.2. The molecular weight excluding hydrogens is 370 g/mol. The van der Waals surface area contributed by atoms with Crippen molar-refractivity contribution in [3.63, 3.8) is 0 Å². The number of hydrogen-bond donors (Lipinski definition) is 3. The van der Waals surface area contributed by atoms with Crippen molar-refractivity contribution in [3.8, 4) is 17.0 Å². The highest BCUT2D eigenvalue weighted by Gasteiger charge is 2.08. The standard InChI is InChI=1S/C17H15N5O4S/c1-26-11-4-2-10(3-5-11)12-6-7-15(22-21-12)27-9-14(23)19-13-8-18-17(25)20-16(13)24/h2-8H,9H2,1H3,(H,19,23)(H2,18,20,24,25). The van der Waals surface area contributed by atoms with E-state index in [1.807, 2.05) is 35.3 Å². The summed E-state index contributed by atoms with van der Waals surface area (Å²) in [6, 6.07) is 11.0. The molecule has 0 aliphatic rings. The number of rotatable bonds is 6. The van der Waals surface area contributed by atoms with Crippen molar-refractivity contribution in [3.05, 3.63) is 63.4 Å². The molecule has 0 aliphatic heterocycles. The molecule has 27 heavy (non-hydrogen) atoms. The highest BCUT2D eigenvalue weighted by Crippen LogP contribution is 2.22. The second-order valence-electron chi connectivity index (χ2n) is 5.31. The lowest BCUT2D eigenvalue weighted by atomic mass is 10.1. The van der Waals surface area contributed by atoms with Crippen LogP contribution in [0.5, 0.6) is 5.75 Å². The number of methoxy groups -OCH3 is 1. The molecule has 1 aromatic carbocycles. The number of carbonyl (C=O) groups excluding carboxylic acids is 1. The highest BCUT2D eigenvalue weighted by molar-refractivity contribution is 7.99. The fourth-order valence-corrected chi connectivity index (χ4v) is 2.76. The summed E-state index contributed by atoms with van der Waals surface area (Å²) in [5.74, 6) is 0.389. The van der Waals surface area contributed by atoms with Gasteiger partial charge in [-0.25, -0.2) is 4.79 Å². The van der Waals surface area contributed by atoms with Gasteiger partial charge in [-0.3, -0.25) is 14.6 Å². The van der Waals surface area contributed by atoms with Crippen LogP contribution in [0.4, 0.5) is 5.69 Å². The first-order valence-electron chi connectivity index (χ1n) is 7.78. The molecule has 1 amide bonds. The van der Waals surface area contributed by atoms with E-state index in [1.54, 1.807) is 13.2 Å². The van der Waals surface area contributed by atoms with E-state index in [2.05, 4.69) is 20.5 Å². The van der Waals surface area contributed by atoms with Crippen LogP contribution in [0.15, 0.2) is 57.2 Å². The van der Waals surface area contributed by atoms with Gasteiger partial charge in [-0.2, -0.15) is 0 Å². The van der Waals surface area contributed by atoms with Gasteiger partial charge in [0, 0.05) is 11.8 Å². The summed E-state index contributed by atoms with van der Waals surface area (Å²) in [5, 5.41) is 11.2. The van der Waals surface area contributed by atoms with Gasteiger partial charge in [-0.05, 0) is 36.4 Å². The molecule has 0 saturated carbocycles. The molecule has 0 unspecified atom stereocenters. The fourth-order valence-electron chi connectivity index (χ4n) is 2.14. The van der Waals surface area contributed by atoms with E-state index in [0.717, 1.165) is 17.5 Å². The van der Waals surface area contributed by atoms with Gasteiger partial charge in [0.15, 0.2) is 0 Å². The Labute approximate surface area is 157 Å². The number of carbonyl (C=O) groups is 1. The van der Waals surface area contributed by atoms with Crippen molar-refractivity contribution in [2.24, 2.45) is 0 Å². The molecule has 0 atom stereocenters. The summed E-state index contributed by atoms with van der Waals surface area (Å²) in [7, 11) is 1.60. The van der Waals surface area contributed by atoms with Gasteiger partial charge in [0.2, 0.25) is 5.91 Å². The van der Waals surface area contributed by atoms with Gasteiger partial charge < -0.3 is 15.0 Å². The van der Waals surface area contributed by atoms with Crippen molar-refractivity contribution in [2.45, 2.75) is 5.03 Å². The zero-order chi connectivity index (χ0) is 19.2. The average Bonchev–Trinajstić information content (AvgIpc) is 2.69. The van der Waals surface area contributed by atoms with E-state index in [9.17, 15) is 14.4 Å². The largest absolute Gasteiger partial charge is 0.497 e.